The first-order chi connectivity index (χ1) is 13.0. The molecule has 3 rings (SSSR count). The van der Waals surface area contributed by atoms with E-state index in [9.17, 15) is 9.18 Å². The van der Waals surface area contributed by atoms with Crippen LogP contribution in [0.2, 0.25) is 0 Å². The number of nitrogens with one attached hydrogen (secondary N) is 1. The molecular weight excluding hydrogens is 367 g/mol. The number of hydrogen-bond donors (Lipinski definition) is 1. The Balaban J connectivity index is 1.77. The number of hydrogen-bond acceptors (Lipinski definition) is 5. The highest BCUT2D eigenvalue weighted by atomic mass is 32.1. The standard InChI is InChI=1S/C20H19FN2O3S/c1-12(16-10-15(25-2)8-9-18(16)26-3)22-19(24)17-11-27-20(23-17)13-4-6-14(21)7-5-13/h4-12H,1-3H3,(H,22,24)/t12-/m0/s1. The lowest BCUT2D eigenvalue weighted by Gasteiger charge is -2.17. The lowest BCUT2D eigenvalue weighted by Crippen LogP contribution is -2.27. The molecule has 0 aliphatic rings. The minimum absolute atomic E-state index is 0.294. The molecular formula is C20H19FN2O3S. The summed E-state index contributed by atoms with van der Waals surface area (Å²) in [7, 11) is 3.16. The number of halogens is 1. The van der Waals surface area contributed by atoms with E-state index < -0.39 is 0 Å². The molecule has 1 amide bonds. The summed E-state index contributed by atoms with van der Waals surface area (Å²) < 4.78 is 23.7. The van der Waals surface area contributed by atoms with Gasteiger partial charge in [0, 0.05) is 16.5 Å². The zero-order valence-electron chi connectivity index (χ0n) is 15.2. The minimum Gasteiger partial charge on any atom is -0.497 e. The summed E-state index contributed by atoms with van der Waals surface area (Å²) in [6.07, 6.45) is 0. The second-order valence-electron chi connectivity index (χ2n) is 5.85. The average Bonchev–Trinajstić information content (AvgIpc) is 3.18. The molecule has 0 aliphatic carbocycles. The number of benzene rings is 2. The molecule has 0 saturated carbocycles. The Bertz CT molecular complexity index is 941. The predicted octanol–water partition coefficient (Wildman–Crippen LogP) is 4.46. The summed E-state index contributed by atoms with van der Waals surface area (Å²) in [6, 6.07) is 11.1. The van der Waals surface area contributed by atoms with E-state index in [0.29, 0.717) is 22.2 Å². The van der Waals surface area contributed by atoms with Crippen molar-refractivity contribution in [2.45, 2.75) is 13.0 Å². The summed E-state index contributed by atoms with van der Waals surface area (Å²) in [4.78, 5) is 16.9. The smallest absolute Gasteiger partial charge is 0.271 e. The molecule has 2 aromatic carbocycles. The number of carbonyl (C=O) groups excluding carboxylic acids is 1. The van der Waals surface area contributed by atoms with Crippen LogP contribution in [0.15, 0.2) is 47.8 Å². The topological polar surface area (TPSA) is 60.5 Å². The molecule has 0 saturated heterocycles. The maximum atomic E-state index is 13.1. The quantitative estimate of drug-likeness (QED) is 0.680. The molecule has 0 radical (unpaired) electrons. The molecule has 0 unspecified atom stereocenters. The monoisotopic (exact) mass is 386 g/mol. The van der Waals surface area contributed by atoms with Gasteiger partial charge in [-0.15, -0.1) is 11.3 Å². The third kappa shape index (κ3) is 4.25. The predicted molar refractivity (Wildman–Crippen MR) is 103 cm³/mol. The van der Waals surface area contributed by atoms with Crippen molar-refractivity contribution in [3.63, 3.8) is 0 Å². The molecule has 1 N–H and O–H groups in total. The Morgan fingerprint density at radius 1 is 1.15 bits per heavy atom. The van der Waals surface area contributed by atoms with Crippen LogP contribution in [0.1, 0.15) is 29.0 Å². The van der Waals surface area contributed by atoms with Crippen molar-refractivity contribution in [2.75, 3.05) is 14.2 Å². The van der Waals surface area contributed by atoms with E-state index in [4.69, 9.17) is 9.47 Å². The van der Waals surface area contributed by atoms with E-state index in [-0.39, 0.29) is 17.8 Å². The fourth-order valence-electron chi connectivity index (χ4n) is 2.63. The number of amides is 1. The number of nitrogens with zero attached hydrogens (tertiary/aromatic N) is 1. The van der Waals surface area contributed by atoms with Gasteiger partial charge in [-0.05, 0) is 49.4 Å². The van der Waals surface area contributed by atoms with Crippen LogP contribution in [0, 0.1) is 5.82 Å². The van der Waals surface area contributed by atoms with Crippen molar-refractivity contribution >= 4 is 17.2 Å². The Kier molecular flexibility index (Phi) is 5.71. The molecule has 7 heteroatoms. The summed E-state index contributed by atoms with van der Waals surface area (Å²) in [5.74, 6) is 0.736. The second kappa shape index (κ2) is 8.18. The molecule has 1 atom stereocenters. The maximum absolute atomic E-state index is 13.1. The molecule has 1 heterocycles. The first-order valence-corrected chi connectivity index (χ1v) is 9.14. The summed E-state index contributed by atoms with van der Waals surface area (Å²) >= 11 is 1.33. The van der Waals surface area contributed by atoms with Gasteiger partial charge in [0.25, 0.3) is 5.91 Å². The van der Waals surface area contributed by atoms with E-state index in [0.717, 1.165) is 11.1 Å². The van der Waals surface area contributed by atoms with Crippen LogP contribution in [0.25, 0.3) is 10.6 Å². The second-order valence-corrected chi connectivity index (χ2v) is 6.71. The highest BCUT2D eigenvalue weighted by Gasteiger charge is 2.18. The number of aromatic nitrogens is 1. The number of thiazole rings is 1. The van der Waals surface area contributed by atoms with E-state index in [2.05, 4.69) is 10.3 Å². The molecule has 0 bridgehead atoms. The number of rotatable bonds is 6. The van der Waals surface area contributed by atoms with Crippen LogP contribution in [-0.4, -0.2) is 25.1 Å². The lowest BCUT2D eigenvalue weighted by atomic mass is 10.1. The summed E-state index contributed by atoms with van der Waals surface area (Å²) in [6.45, 7) is 1.86. The average molecular weight is 386 g/mol. The van der Waals surface area contributed by atoms with Gasteiger partial charge >= 0.3 is 0 Å². The third-order valence-corrected chi connectivity index (χ3v) is 4.97. The molecule has 0 fully saturated rings. The van der Waals surface area contributed by atoms with Crippen molar-refractivity contribution in [1.82, 2.24) is 10.3 Å². The number of methoxy groups -OCH3 is 2. The minimum atomic E-state index is -0.311. The Morgan fingerprint density at radius 3 is 2.56 bits per heavy atom. The van der Waals surface area contributed by atoms with Gasteiger partial charge in [-0.1, -0.05) is 0 Å². The van der Waals surface area contributed by atoms with Crippen LogP contribution in [0.5, 0.6) is 11.5 Å². The fraction of sp³-hybridized carbons (Fsp3) is 0.200. The molecule has 0 aliphatic heterocycles. The first kappa shape index (κ1) is 18.8. The molecule has 27 heavy (non-hydrogen) atoms. The van der Waals surface area contributed by atoms with Gasteiger partial charge in [-0.2, -0.15) is 0 Å². The molecule has 3 aromatic rings. The van der Waals surface area contributed by atoms with Crippen LogP contribution in [0.3, 0.4) is 0 Å². The molecule has 1 aromatic heterocycles. The van der Waals surface area contributed by atoms with Crippen molar-refractivity contribution < 1.29 is 18.7 Å². The van der Waals surface area contributed by atoms with E-state index >= 15 is 0 Å². The van der Waals surface area contributed by atoms with Gasteiger partial charge in [0.05, 0.1) is 20.3 Å². The molecule has 140 valence electrons. The Morgan fingerprint density at radius 2 is 1.89 bits per heavy atom. The van der Waals surface area contributed by atoms with Crippen LogP contribution in [0.4, 0.5) is 4.39 Å². The summed E-state index contributed by atoms with van der Waals surface area (Å²) in [5.41, 5.74) is 1.88. The van der Waals surface area contributed by atoms with Crippen molar-refractivity contribution in [3.8, 4) is 22.1 Å². The summed E-state index contributed by atoms with van der Waals surface area (Å²) in [5, 5.41) is 5.27. The van der Waals surface area contributed by atoms with E-state index in [1.54, 1.807) is 43.9 Å². The van der Waals surface area contributed by atoms with Gasteiger partial charge in [-0.25, -0.2) is 9.37 Å². The SMILES string of the molecule is COc1ccc(OC)c([C@H](C)NC(=O)c2csc(-c3ccc(F)cc3)n2)c1. The maximum Gasteiger partial charge on any atom is 0.271 e. The highest BCUT2D eigenvalue weighted by Crippen LogP contribution is 2.30. The Labute approximate surface area is 160 Å². The number of ether oxygens (including phenoxy) is 2. The van der Waals surface area contributed by atoms with E-state index in [1.165, 1.54) is 23.5 Å². The normalized spacial score (nSPS) is 11.7. The fourth-order valence-corrected chi connectivity index (χ4v) is 3.44. The van der Waals surface area contributed by atoms with E-state index in [1.807, 2.05) is 13.0 Å². The Hall–Kier alpha value is -2.93. The molecule has 5 nitrogen and oxygen atoms in total. The first-order valence-electron chi connectivity index (χ1n) is 8.26. The van der Waals surface area contributed by atoms with Crippen LogP contribution in [-0.2, 0) is 0 Å². The molecule has 0 spiro atoms. The largest absolute Gasteiger partial charge is 0.497 e. The van der Waals surface area contributed by atoms with Crippen molar-refractivity contribution in [2.24, 2.45) is 0 Å². The van der Waals surface area contributed by atoms with Crippen LogP contribution < -0.4 is 14.8 Å². The third-order valence-electron chi connectivity index (χ3n) is 4.08. The van der Waals surface area contributed by atoms with Crippen molar-refractivity contribution in [3.05, 3.63) is 64.9 Å². The van der Waals surface area contributed by atoms with Gasteiger partial charge in [0.2, 0.25) is 0 Å². The zero-order valence-corrected chi connectivity index (χ0v) is 16.0. The van der Waals surface area contributed by atoms with Gasteiger partial charge < -0.3 is 14.8 Å². The highest BCUT2D eigenvalue weighted by molar-refractivity contribution is 7.13. The van der Waals surface area contributed by atoms with Crippen molar-refractivity contribution in [1.29, 1.82) is 0 Å². The van der Waals surface area contributed by atoms with Gasteiger partial charge in [0.15, 0.2) is 0 Å². The lowest BCUT2D eigenvalue weighted by molar-refractivity contribution is 0.0935. The van der Waals surface area contributed by atoms with Gasteiger partial charge in [0.1, 0.15) is 28.0 Å². The van der Waals surface area contributed by atoms with Crippen LogP contribution >= 0.6 is 11.3 Å². The number of carbonyl (C=O) groups is 1. The zero-order chi connectivity index (χ0) is 19.4. The van der Waals surface area contributed by atoms with Gasteiger partial charge in [-0.3, -0.25) is 4.79 Å².